The van der Waals surface area contributed by atoms with Crippen LogP contribution in [0.1, 0.15) is 0 Å². The zero-order valence-electron chi connectivity index (χ0n) is 1.24. The minimum Gasteiger partial charge on any atom is 0 e. The van der Waals surface area contributed by atoms with Crippen molar-refractivity contribution in [2.45, 2.75) is 0 Å². The number of rotatable bonds is 0. The maximum Gasteiger partial charge on any atom is 0.0814 e. The zero-order valence-corrected chi connectivity index (χ0v) is 7.62. The van der Waals surface area contributed by atoms with Gasteiger partial charge in [-0.25, -0.2) is 0 Å². The van der Waals surface area contributed by atoms with E-state index in [-0.39, 0.29) is 106 Å². The van der Waals surface area contributed by atoms with Crippen LogP contribution in [0, 0.1) is 79.1 Å². The average molecular weight is 372 g/mol. The molecule has 0 aromatic rings. The van der Waals surface area contributed by atoms with E-state index in [1.165, 1.54) is 0 Å². The van der Waals surface area contributed by atoms with Gasteiger partial charge >= 0.3 is 0 Å². The minimum atomic E-state index is 0. The van der Waals surface area contributed by atoms with E-state index in [9.17, 15) is 0 Å². The summed E-state index contributed by atoms with van der Waals surface area (Å²) in [6, 6.07) is 0. The maximum absolute atomic E-state index is 0. The Bertz CT molecular complexity index is 8.00. The molecule has 0 aliphatic heterocycles. The summed E-state index contributed by atoms with van der Waals surface area (Å²) < 4.78 is 0. The molecule has 0 aromatic carbocycles. The van der Waals surface area contributed by atoms with Crippen LogP contribution in [0.4, 0.5) is 0 Å². The van der Waals surface area contributed by atoms with Crippen molar-refractivity contribution < 1.29 is 97.6 Å². The zero-order chi connectivity index (χ0) is 0. The topological polar surface area (TPSA) is 0 Å². The molecule has 0 saturated heterocycles. The van der Waals surface area contributed by atoms with Crippen LogP contribution in [-0.2, 0) is 18.6 Å². The van der Waals surface area contributed by atoms with Gasteiger partial charge in [0.2, 0.25) is 0 Å². The largest absolute Gasteiger partial charge is 0.0814 e. The fourth-order valence-electron chi connectivity index (χ4n) is 0. The molecule has 0 spiro atoms. The summed E-state index contributed by atoms with van der Waals surface area (Å²) in [5.41, 5.74) is 0. The first-order valence-corrected chi connectivity index (χ1v) is 0. The van der Waals surface area contributed by atoms with Crippen LogP contribution >= 0.6 is 0 Å². The van der Waals surface area contributed by atoms with E-state index >= 15 is 0 Å². The van der Waals surface area contributed by atoms with Crippen LogP contribution in [0.25, 0.3) is 0 Å². The summed E-state index contributed by atoms with van der Waals surface area (Å²) in [4.78, 5) is 0. The predicted molar refractivity (Wildman–Crippen MR) is 9.94 cm³/mol. The molecular weight excluding hydrogens is 369 g/mol. The summed E-state index contributed by atoms with van der Waals surface area (Å²) in [5, 5.41) is 0. The van der Waals surface area contributed by atoms with Crippen LogP contribution in [0.15, 0.2) is 0 Å². The molecule has 0 aliphatic carbocycles. The van der Waals surface area contributed by atoms with E-state index in [1.807, 2.05) is 0 Å². The fraction of sp³-hybridized carbons (Fsp3) is 0. The fourth-order valence-corrected chi connectivity index (χ4v) is 0. The van der Waals surface area contributed by atoms with Gasteiger partial charge in [-0.2, -0.15) is 0 Å². The van der Waals surface area contributed by atoms with Gasteiger partial charge in [0.15, 0.2) is 0 Å². The normalized spacial score (nSPS) is 0. The second-order valence-electron chi connectivity index (χ2n) is 0. The first-order chi connectivity index (χ1) is 0. The Balaban J connectivity index is 0. The molecule has 0 atom stereocenters. The monoisotopic (exact) mass is 371 g/mol. The molecule has 4 heteroatoms. The maximum atomic E-state index is 0. The van der Waals surface area contributed by atoms with Gasteiger partial charge in [0.1, 0.15) is 0 Å². The Morgan fingerprint density at radius 1 is 1.00 bits per heavy atom. The summed E-state index contributed by atoms with van der Waals surface area (Å²) >= 11 is 0. The molecule has 0 rings (SSSR count). The van der Waals surface area contributed by atoms with Crippen LogP contribution in [0.5, 0.6) is 0 Å². The van der Waals surface area contributed by atoms with Crippen molar-refractivity contribution in [3.8, 4) is 0 Å². The van der Waals surface area contributed by atoms with Crippen molar-refractivity contribution in [1.29, 1.82) is 0 Å². The van der Waals surface area contributed by atoms with Crippen molar-refractivity contribution in [3.63, 3.8) is 0 Å². The molecule has 0 heterocycles. The van der Waals surface area contributed by atoms with Gasteiger partial charge in [-0.1, -0.05) is 0 Å². The first kappa shape index (κ1) is 26.7. The van der Waals surface area contributed by atoms with Gasteiger partial charge in [-0.3, -0.25) is 0 Å². The van der Waals surface area contributed by atoms with E-state index in [0.29, 0.717) is 0 Å². The molecule has 0 saturated carbocycles. The second-order valence-corrected chi connectivity index (χ2v) is 0. The quantitative estimate of drug-likeness (QED) is 0.470. The smallest absolute Gasteiger partial charge is 0 e. The SMILES string of the molecule is B.[Ce].[Er].[V]. The molecule has 0 bridgehead atoms. The molecule has 0 aliphatic rings. The molecule has 27 valence electrons. The Morgan fingerprint density at radius 3 is 1.00 bits per heavy atom. The van der Waals surface area contributed by atoms with Crippen LogP contribution < -0.4 is 0 Å². The van der Waals surface area contributed by atoms with Crippen molar-refractivity contribution >= 4 is 8.41 Å². The van der Waals surface area contributed by atoms with Crippen LogP contribution in [0.2, 0.25) is 0 Å². The molecule has 0 aromatic heterocycles. The van der Waals surface area contributed by atoms with E-state index in [2.05, 4.69) is 0 Å². The number of hydrogen-bond acceptors (Lipinski definition) is 0. The summed E-state index contributed by atoms with van der Waals surface area (Å²) in [6.45, 7) is 0. The van der Waals surface area contributed by atoms with Crippen molar-refractivity contribution in [2.75, 3.05) is 0 Å². The molecule has 0 nitrogen and oxygen atoms in total. The third-order valence-electron chi connectivity index (χ3n) is 0. The minimum absolute atomic E-state index is 0. The van der Waals surface area contributed by atoms with E-state index in [0.717, 1.165) is 0 Å². The second kappa shape index (κ2) is 16.3. The Hall–Kier alpha value is 3.27. The van der Waals surface area contributed by atoms with Gasteiger partial charge < -0.3 is 0 Å². The van der Waals surface area contributed by atoms with Gasteiger partial charge in [0.05, 0.1) is 8.41 Å². The van der Waals surface area contributed by atoms with Crippen molar-refractivity contribution in [2.24, 2.45) is 0 Å². The molecule has 4 heavy (non-hydrogen) atoms. The molecule has 1 radical (unpaired) electrons. The third kappa shape index (κ3) is 8.99. The van der Waals surface area contributed by atoms with Gasteiger partial charge in [-0.15, -0.1) is 0 Å². The average Bonchev–Trinajstić information content (AvgIpc) is 0. The molecule has 0 N–H and O–H groups in total. The third-order valence-corrected chi connectivity index (χ3v) is 0. The van der Waals surface area contributed by atoms with Crippen LogP contribution in [-0.4, -0.2) is 8.41 Å². The van der Waals surface area contributed by atoms with Gasteiger partial charge in [0, 0.05) is 97.6 Å². The number of hydrogen-bond donors (Lipinski definition) is 0. The Morgan fingerprint density at radius 2 is 1.00 bits per heavy atom. The molecule has 0 fully saturated rings. The van der Waals surface area contributed by atoms with Crippen molar-refractivity contribution in [1.82, 2.24) is 0 Å². The molecular formula is H3BCeErV. The van der Waals surface area contributed by atoms with Crippen LogP contribution in [0.3, 0.4) is 0 Å². The summed E-state index contributed by atoms with van der Waals surface area (Å²) in [6.07, 6.45) is 0. The first-order valence-electron chi connectivity index (χ1n) is 0. The Labute approximate surface area is 103 Å². The van der Waals surface area contributed by atoms with Gasteiger partial charge in [0.25, 0.3) is 0 Å². The summed E-state index contributed by atoms with van der Waals surface area (Å²) in [5.74, 6) is 0. The van der Waals surface area contributed by atoms with E-state index < -0.39 is 0 Å². The standard InChI is InChI=1S/BH3.Ce.Er.V/h1H3;;;. The van der Waals surface area contributed by atoms with E-state index in [1.54, 1.807) is 0 Å². The molecule has 0 unspecified atom stereocenters. The van der Waals surface area contributed by atoms with Crippen molar-refractivity contribution in [3.05, 3.63) is 0 Å². The molecule has 0 amide bonds. The predicted octanol–water partition coefficient (Wildman–Crippen LogP) is -1.19. The van der Waals surface area contributed by atoms with E-state index in [4.69, 9.17) is 0 Å². The summed E-state index contributed by atoms with van der Waals surface area (Å²) in [7, 11) is 0. The Kier molecular flexibility index (Phi) is 109. The van der Waals surface area contributed by atoms with Gasteiger partial charge in [-0.05, 0) is 0 Å².